The second-order valence-electron chi connectivity index (χ2n) is 2.50. The van der Waals surface area contributed by atoms with Gasteiger partial charge in [-0.25, -0.2) is 0 Å². The van der Waals surface area contributed by atoms with E-state index >= 15 is 0 Å². The van der Waals surface area contributed by atoms with E-state index in [1.165, 1.54) is 11.4 Å². The maximum atomic E-state index is 12.7. The van der Waals surface area contributed by atoms with Gasteiger partial charge in [0, 0.05) is 0 Å². The third-order valence-corrected chi connectivity index (χ3v) is 3.80. The average Bonchev–Trinajstić information content (AvgIpc) is 2.06. The molecular formula is C10H11FSe. The molecule has 12 heavy (non-hydrogen) atoms. The van der Waals surface area contributed by atoms with Crippen LogP contribution in [0.3, 0.4) is 0 Å². The van der Waals surface area contributed by atoms with E-state index in [1.54, 1.807) is 0 Å². The number of hydrogen-bond acceptors (Lipinski definition) is 0. The van der Waals surface area contributed by atoms with Gasteiger partial charge >= 0.3 is 78.3 Å². The van der Waals surface area contributed by atoms with Crippen LogP contribution in [-0.4, -0.2) is 15.0 Å². The Balaban J connectivity index is 2.72. The molecule has 0 aromatic heterocycles. The van der Waals surface area contributed by atoms with Crippen molar-refractivity contribution in [3.63, 3.8) is 0 Å². The molecule has 0 atom stereocenters. The standard InChI is InChI=1S/C10H11FSe/c1-8(11)9(2)12-10-6-4-3-5-7-10/h3-7H,1-2H3/b9-8+. The first-order valence-corrected chi connectivity index (χ1v) is 5.47. The Morgan fingerprint density at radius 3 is 2.25 bits per heavy atom. The van der Waals surface area contributed by atoms with Gasteiger partial charge in [-0.2, -0.15) is 0 Å². The summed E-state index contributed by atoms with van der Waals surface area (Å²) in [6.45, 7) is 3.36. The van der Waals surface area contributed by atoms with Gasteiger partial charge in [0.25, 0.3) is 0 Å². The van der Waals surface area contributed by atoms with Gasteiger partial charge in [0.05, 0.1) is 0 Å². The van der Waals surface area contributed by atoms with Crippen molar-refractivity contribution in [3.8, 4) is 0 Å². The molecule has 0 spiro atoms. The summed E-state index contributed by atoms with van der Waals surface area (Å²) in [5.74, 6) is -0.0427. The minimum atomic E-state index is -0.0427. The molecule has 1 aromatic rings. The molecule has 0 N–H and O–H groups in total. The number of rotatable bonds is 2. The summed E-state index contributed by atoms with van der Waals surface area (Å²) in [4.78, 5) is 0. The van der Waals surface area contributed by atoms with E-state index in [-0.39, 0.29) is 20.8 Å². The third-order valence-electron chi connectivity index (χ3n) is 1.50. The first-order valence-electron chi connectivity index (χ1n) is 3.76. The molecule has 0 bridgehead atoms. The molecule has 0 saturated carbocycles. The van der Waals surface area contributed by atoms with E-state index in [1.807, 2.05) is 37.3 Å². The molecular weight excluding hydrogens is 218 g/mol. The molecule has 0 nitrogen and oxygen atoms in total. The number of benzene rings is 1. The molecule has 1 rings (SSSR count). The van der Waals surface area contributed by atoms with E-state index in [9.17, 15) is 4.39 Å². The van der Waals surface area contributed by atoms with Crippen LogP contribution in [-0.2, 0) is 0 Å². The molecule has 0 aliphatic rings. The first kappa shape index (κ1) is 9.50. The quantitative estimate of drug-likeness (QED) is 0.682. The summed E-state index contributed by atoms with van der Waals surface area (Å²) < 4.78 is 14.8. The zero-order valence-electron chi connectivity index (χ0n) is 7.17. The summed E-state index contributed by atoms with van der Waals surface area (Å²) in [5.41, 5.74) is 0. The van der Waals surface area contributed by atoms with Crippen LogP contribution >= 0.6 is 0 Å². The number of halogens is 1. The van der Waals surface area contributed by atoms with Crippen LogP contribution in [0.1, 0.15) is 13.8 Å². The summed E-state index contributed by atoms with van der Waals surface area (Å²) in [7, 11) is 0. The van der Waals surface area contributed by atoms with Crippen molar-refractivity contribution in [3.05, 3.63) is 40.6 Å². The normalized spacial score (nSPS) is 12.6. The van der Waals surface area contributed by atoms with E-state index in [0.717, 1.165) is 4.47 Å². The fourth-order valence-corrected chi connectivity index (χ4v) is 2.39. The molecule has 0 unspecified atom stereocenters. The molecule has 64 valence electrons. The molecule has 0 aliphatic heterocycles. The van der Waals surface area contributed by atoms with E-state index in [4.69, 9.17) is 0 Å². The van der Waals surface area contributed by atoms with Gasteiger partial charge in [0.1, 0.15) is 0 Å². The summed E-state index contributed by atoms with van der Waals surface area (Å²) in [6.07, 6.45) is 0. The van der Waals surface area contributed by atoms with Crippen molar-refractivity contribution < 1.29 is 4.39 Å². The maximum absolute atomic E-state index is 12.7. The second kappa shape index (κ2) is 4.44. The zero-order chi connectivity index (χ0) is 8.97. The summed E-state index contributed by atoms with van der Waals surface area (Å²) >= 11 is 0.153. The molecule has 2 heteroatoms. The summed E-state index contributed by atoms with van der Waals surface area (Å²) in [6, 6.07) is 10.0. The Bertz CT molecular complexity index is 273. The third kappa shape index (κ3) is 2.80. The fraction of sp³-hybridized carbons (Fsp3) is 0.200. The predicted octanol–water partition coefficient (Wildman–Crippen LogP) is 2.24. The van der Waals surface area contributed by atoms with Crippen LogP contribution in [0.5, 0.6) is 0 Å². The zero-order valence-corrected chi connectivity index (χ0v) is 8.89. The Morgan fingerprint density at radius 1 is 1.17 bits per heavy atom. The van der Waals surface area contributed by atoms with Crippen molar-refractivity contribution in [2.45, 2.75) is 13.8 Å². The topological polar surface area (TPSA) is 0 Å². The summed E-state index contributed by atoms with van der Waals surface area (Å²) in [5, 5.41) is 0. The van der Waals surface area contributed by atoms with Crippen LogP contribution in [0.2, 0.25) is 0 Å². The fourth-order valence-electron chi connectivity index (χ4n) is 0.736. The van der Waals surface area contributed by atoms with Crippen LogP contribution < -0.4 is 4.46 Å². The van der Waals surface area contributed by atoms with Gasteiger partial charge in [0.2, 0.25) is 0 Å². The predicted molar refractivity (Wildman–Crippen MR) is 51.3 cm³/mol. The van der Waals surface area contributed by atoms with Crippen molar-refractivity contribution >= 4 is 19.4 Å². The van der Waals surface area contributed by atoms with Crippen LogP contribution in [0, 0.1) is 0 Å². The average molecular weight is 229 g/mol. The van der Waals surface area contributed by atoms with Crippen LogP contribution in [0.4, 0.5) is 4.39 Å². The van der Waals surface area contributed by atoms with Crippen molar-refractivity contribution in [1.29, 1.82) is 0 Å². The molecule has 0 aliphatic carbocycles. The molecule has 0 radical (unpaired) electrons. The Morgan fingerprint density at radius 2 is 1.75 bits per heavy atom. The van der Waals surface area contributed by atoms with Gasteiger partial charge in [-0.15, -0.1) is 0 Å². The van der Waals surface area contributed by atoms with Gasteiger partial charge < -0.3 is 0 Å². The van der Waals surface area contributed by atoms with E-state index in [0.29, 0.717) is 0 Å². The second-order valence-corrected chi connectivity index (χ2v) is 5.21. The molecule has 0 amide bonds. The van der Waals surface area contributed by atoms with Gasteiger partial charge in [-0.05, 0) is 0 Å². The number of allylic oxidation sites excluding steroid dienone is 2. The van der Waals surface area contributed by atoms with Gasteiger partial charge in [-0.1, -0.05) is 0 Å². The van der Waals surface area contributed by atoms with Crippen molar-refractivity contribution in [1.82, 2.24) is 0 Å². The molecule has 0 heterocycles. The first-order chi connectivity index (χ1) is 5.70. The monoisotopic (exact) mass is 230 g/mol. The van der Waals surface area contributed by atoms with Crippen LogP contribution in [0.15, 0.2) is 40.6 Å². The van der Waals surface area contributed by atoms with Crippen molar-refractivity contribution in [2.24, 2.45) is 0 Å². The molecule has 0 saturated heterocycles. The minimum absolute atomic E-state index is 0.0427. The van der Waals surface area contributed by atoms with Crippen LogP contribution in [0.25, 0.3) is 0 Å². The number of hydrogen-bond donors (Lipinski definition) is 0. The SMILES string of the molecule is C/C(F)=C(/C)[Se]c1ccccc1. The van der Waals surface area contributed by atoms with Crippen molar-refractivity contribution in [2.75, 3.05) is 0 Å². The molecule has 0 fully saturated rings. The molecule has 1 aromatic carbocycles. The Labute approximate surface area is 78.6 Å². The Hall–Kier alpha value is -0.591. The van der Waals surface area contributed by atoms with E-state index in [2.05, 4.69) is 0 Å². The Kier molecular flexibility index (Phi) is 3.51. The van der Waals surface area contributed by atoms with Gasteiger partial charge in [-0.3, -0.25) is 0 Å². The van der Waals surface area contributed by atoms with E-state index < -0.39 is 0 Å². The van der Waals surface area contributed by atoms with Gasteiger partial charge in [0.15, 0.2) is 0 Å².